The molecule has 1 aliphatic rings. The number of urea groups is 1. The number of nitrogens with zero attached hydrogens (tertiary/aromatic N) is 3. The Balaban J connectivity index is 1.81. The van der Waals surface area contributed by atoms with Crippen LogP contribution in [0.1, 0.15) is 46.4 Å². The molecule has 0 fully saturated rings. The van der Waals surface area contributed by atoms with E-state index in [0.717, 1.165) is 24.5 Å². The number of benzene rings is 1. The molecule has 184 valence electrons. The minimum Gasteiger partial charge on any atom is -0.486 e. The third kappa shape index (κ3) is 6.75. The summed E-state index contributed by atoms with van der Waals surface area (Å²) in [5, 5.41) is 15.0. The number of carbonyl (C=O) groups is 2. The van der Waals surface area contributed by atoms with E-state index in [-0.39, 0.29) is 12.6 Å². The molecule has 0 aliphatic carbocycles. The first-order valence-corrected chi connectivity index (χ1v) is 12.6. The lowest BCUT2D eigenvalue weighted by molar-refractivity contribution is -0.139. The van der Waals surface area contributed by atoms with Gasteiger partial charge in [-0.25, -0.2) is 9.59 Å². The van der Waals surface area contributed by atoms with Crippen LogP contribution in [0.4, 0.5) is 4.79 Å². The quantitative estimate of drug-likeness (QED) is 0.345. The van der Waals surface area contributed by atoms with Gasteiger partial charge in [0.05, 0.1) is 18.2 Å². The number of hydrogen-bond donors (Lipinski definition) is 2. The van der Waals surface area contributed by atoms with Crippen molar-refractivity contribution in [2.75, 3.05) is 12.4 Å². The van der Waals surface area contributed by atoms with Gasteiger partial charge in [0.1, 0.15) is 12.4 Å². The lowest BCUT2D eigenvalue weighted by atomic mass is 10.0. The Morgan fingerprint density at radius 3 is 2.65 bits per heavy atom. The Labute approximate surface area is 204 Å². The van der Waals surface area contributed by atoms with E-state index in [1.54, 1.807) is 6.92 Å². The van der Waals surface area contributed by atoms with E-state index in [9.17, 15) is 9.59 Å². The maximum Gasteiger partial charge on any atom is 0.337 e. The molecule has 0 spiro atoms. The lowest BCUT2D eigenvalue weighted by Gasteiger charge is -2.28. The Morgan fingerprint density at radius 1 is 1.21 bits per heavy atom. The zero-order valence-corrected chi connectivity index (χ0v) is 21.0. The highest BCUT2D eigenvalue weighted by Crippen LogP contribution is 2.25. The first-order valence-electron chi connectivity index (χ1n) is 11.6. The van der Waals surface area contributed by atoms with E-state index in [1.165, 1.54) is 11.8 Å². The van der Waals surface area contributed by atoms with Crippen LogP contribution in [0.2, 0.25) is 0 Å². The maximum absolute atomic E-state index is 12.6. The highest BCUT2D eigenvalue weighted by atomic mass is 32.2. The average Bonchev–Trinajstić information content (AvgIpc) is 3.21. The Kier molecular flexibility index (Phi) is 9.38. The normalized spacial score (nSPS) is 15.8. The van der Waals surface area contributed by atoms with Gasteiger partial charge in [-0.2, -0.15) is 0 Å². The summed E-state index contributed by atoms with van der Waals surface area (Å²) in [6.45, 7) is 9.33. The van der Waals surface area contributed by atoms with Crippen LogP contribution >= 0.6 is 11.8 Å². The Hall–Kier alpha value is -3.01. The van der Waals surface area contributed by atoms with Crippen molar-refractivity contribution in [2.45, 2.75) is 64.9 Å². The van der Waals surface area contributed by atoms with Crippen LogP contribution in [-0.2, 0) is 22.7 Å². The average molecular weight is 488 g/mol. The molecule has 1 aliphatic heterocycles. The Bertz CT molecular complexity index is 1010. The number of thioether (sulfide) groups is 1. The van der Waals surface area contributed by atoms with Crippen LogP contribution < -0.4 is 15.4 Å². The molecule has 0 saturated heterocycles. The van der Waals surface area contributed by atoms with Crippen molar-refractivity contribution in [2.24, 2.45) is 5.92 Å². The fourth-order valence-electron chi connectivity index (χ4n) is 3.52. The molecule has 2 amide bonds. The summed E-state index contributed by atoms with van der Waals surface area (Å²) in [5.74, 6) is 1.94. The summed E-state index contributed by atoms with van der Waals surface area (Å²) in [6.07, 6.45) is 1.54. The van der Waals surface area contributed by atoms with Crippen molar-refractivity contribution >= 4 is 23.8 Å². The molecule has 0 bridgehead atoms. The van der Waals surface area contributed by atoms with Crippen molar-refractivity contribution in [3.63, 3.8) is 0 Å². The molecule has 2 aromatic rings. The molecule has 10 heteroatoms. The van der Waals surface area contributed by atoms with Gasteiger partial charge in [-0.05, 0) is 37.8 Å². The molecule has 0 radical (unpaired) electrons. The van der Waals surface area contributed by atoms with Gasteiger partial charge in [0, 0.05) is 18.0 Å². The highest BCUT2D eigenvalue weighted by molar-refractivity contribution is 7.99. The van der Waals surface area contributed by atoms with Crippen LogP contribution in [0.15, 0.2) is 46.8 Å². The summed E-state index contributed by atoms with van der Waals surface area (Å²) < 4.78 is 13.2. The van der Waals surface area contributed by atoms with Crippen molar-refractivity contribution in [3.8, 4) is 5.75 Å². The lowest BCUT2D eigenvalue weighted by Crippen LogP contribution is -2.50. The van der Waals surface area contributed by atoms with E-state index in [2.05, 4.69) is 39.2 Å². The second-order valence-corrected chi connectivity index (χ2v) is 9.24. The molecular weight excluding hydrogens is 454 g/mol. The van der Waals surface area contributed by atoms with Crippen molar-refractivity contribution in [1.82, 2.24) is 25.4 Å². The maximum atomic E-state index is 12.6. The van der Waals surface area contributed by atoms with Gasteiger partial charge in [0.15, 0.2) is 11.0 Å². The van der Waals surface area contributed by atoms with Crippen molar-refractivity contribution in [1.29, 1.82) is 0 Å². The SMILES string of the molecule is CCOC(=O)C1=C(CSc2nnc(COc3ccccc3)n2CCC(C)C)NC(=O)NC1CC. The molecule has 1 unspecified atom stereocenters. The van der Waals surface area contributed by atoms with E-state index < -0.39 is 12.0 Å². The third-order valence-electron chi connectivity index (χ3n) is 5.33. The second-order valence-electron chi connectivity index (χ2n) is 8.30. The minimum absolute atomic E-state index is 0.265. The van der Waals surface area contributed by atoms with Crippen LogP contribution in [0.3, 0.4) is 0 Å². The number of amides is 2. The van der Waals surface area contributed by atoms with Gasteiger partial charge in [-0.15, -0.1) is 10.2 Å². The number of nitrogens with one attached hydrogen (secondary N) is 2. The predicted octanol–water partition coefficient (Wildman–Crippen LogP) is 3.90. The molecule has 3 rings (SSSR count). The van der Waals surface area contributed by atoms with Crippen LogP contribution in [-0.4, -0.2) is 45.2 Å². The van der Waals surface area contributed by atoms with Gasteiger partial charge in [0.25, 0.3) is 0 Å². The topological polar surface area (TPSA) is 107 Å². The second kappa shape index (κ2) is 12.5. The number of aromatic nitrogens is 3. The fourth-order valence-corrected chi connectivity index (χ4v) is 4.47. The first kappa shape index (κ1) is 25.6. The summed E-state index contributed by atoms with van der Waals surface area (Å²) in [4.78, 5) is 24.8. The molecule has 1 aromatic heterocycles. The summed E-state index contributed by atoms with van der Waals surface area (Å²) in [7, 11) is 0. The number of ether oxygens (including phenoxy) is 2. The van der Waals surface area contributed by atoms with Gasteiger partial charge in [0.2, 0.25) is 0 Å². The smallest absolute Gasteiger partial charge is 0.337 e. The zero-order valence-electron chi connectivity index (χ0n) is 20.2. The third-order valence-corrected chi connectivity index (χ3v) is 6.32. The minimum atomic E-state index is -0.421. The molecule has 2 heterocycles. The van der Waals surface area contributed by atoms with Gasteiger partial charge >= 0.3 is 12.0 Å². The van der Waals surface area contributed by atoms with Crippen molar-refractivity contribution < 1.29 is 19.1 Å². The molecule has 1 aromatic carbocycles. The number of esters is 1. The highest BCUT2D eigenvalue weighted by Gasteiger charge is 2.31. The van der Waals surface area contributed by atoms with Crippen molar-refractivity contribution in [3.05, 3.63) is 47.4 Å². The van der Waals surface area contributed by atoms with Crippen LogP contribution in [0.25, 0.3) is 0 Å². The number of rotatable bonds is 12. The summed E-state index contributed by atoms with van der Waals surface area (Å²) in [6, 6.07) is 8.87. The standard InChI is InChI=1S/C24H33N5O4S/c1-5-18-21(22(30)32-6-2)19(26-23(31)25-18)15-34-24-28-27-20(29(24)13-12-16(3)4)14-33-17-10-8-7-9-11-17/h7-11,16,18H,5-6,12-15H2,1-4H3,(H2,25,26,31). The number of para-hydroxylation sites is 1. The molecular formula is C24H33N5O4S. The van der Waals surface area contributed by atoms with E-state index in [1.807, 2.05) is 37.3 Å². The van der Waals surface area contributed by atoms with E-state index in [0.29, 0.717) is 41.1 Å². The first-order chi connectivity index (χ1) is 16.4. The monoisotopic (exact) mass is 487 g/mol. The molecule has 0 saturated carbocycles. The molecule has 34 heavy (non-hydrogen) atoms. The number of carbonyl (C=O) groups excluding carboxylic acids is 2. The Morgan fingerprint density at radius 2 is 1.97 bits per heavy atom. The summed E-state index contributed by atoms with van der Waals surface area (Å²) in [5.41, 5.74) is 0.997. The van der Waals surface area contributed by atoms with Crippen LogP contribution in [0.5, 0.6) is 5.75 Å². The predicted molar refractivity (Wildman–Crippen MR) is 130 cm³/mol. The number of hydrogen-bond acceptors (Lipinski definition) is 7. The molecule has 9 nitrogen and oxygen atoms in total. The van der Waals surface area contributed by atoms with E-state index in [4.69, 9.17) is 9.47 Å². The van der Waals surface area contributed by atoms with Gasteiger partial charge in [-0.1, -0.05) is 50.7 Å². The van der Waals surface area contributed by atoms with Gasteiger partial charge < -0.3 is 24.7 Å². The molecule has 1 atom stereocenters. The zero-order chi connectivity index (χ0) is 24.5. The molecule has 2 N–H and O–H groups in total. The van der Waals surface area contributed by atoms with Crippen LogP contribution in [0, 0.1) is 5.92 Å². The van der Waals surface area contributed by atoms with Gasteiger partial charge in [-0.3, -0.25) is 0 Å². The fraction of sp³-hybridized carbons (Fsp3) is 0.500. The van der Waals surface area contributed by atoms with E-state index >= 15 is 0 Å². The largest absolute Gasteiger partial charge is 0.486 e. The summed E-state index contributed by atoms with van der Waals surface area (Å²) >= 11 is 1.43.